The molecule has 1 aromatic heterocycles. The van der Waals surface area contributed by atoms with Crippen LogP contribution in [-0.2, 0) is 4.74 Å². The third-order valence-corrected chi connectivity index (χ3v) is 6.34. The number of nitrogens with zero attached hydrogens (tertiary/aromatic N) is 1. The highest BCUT2D eigenvalue weighted by Gasteiger charge is 2.35. The van der Waals surface area contributed by atoms with Crippen LogP contribution >= 0.6 is 0 Å². The topological polar surface area (TPSA) is 63.9 Å². The van der Waals surface area contributed by atoms with Crippen LogP contribution in [0, 0.1) is 5.41 Å². The molecule has 0 bridgehead atoms. The van der Waals surface area contributed by atoms with Crippen molar-refractivity contribution in [1.82, 2.24) is 10.2 Å². The van der Waals surface area contributed by atoms with Crippen molar-refractivity contribution in [3.63, 3.8) is 0 Å². The zero-order valence-corrected chi connectivity index (χ0v) is 17.7. The zero-order chi connectivity index (χ0) is 20.8. The molecule has 2 fully saturated rings. The number of furan rings is 1. The number of carbonyl (C=O) groups is 1. The molecular weight excluding hydrogens is 380 g/mol. The molecule has 3 heterocycles. The summed E-state index contributed by atoms with van der Waals surface area (Å²) in [7, 11) is 0. The van der Waals surface area contributed by atoms with Crippen molar-refractivity contribution in [3.8, 4) is 5.75 Å². The van der Waals surface area contributed by atoms with Gasteiger partial charge in [-0.05, 0) is 57.0 Å². The van der Waals surface area contributed by atoms with Gasteiger partial charge in [-0.2, -0.15) is 0 Å². The first kappa shape index (κ1) is 20.9. The second-order valence-electron chi connectivity index (χ2n) is 8.54. The molecule has 4 rings (SSSR count). The fourth-order valence-electron chi connectivity index (χ4n) is 4.59. The molecule has 1 aromatic carbocycles. The maximum absolute atomic E-state index is 13.0. The third kappa shape index (κ3) is 4.87. The van der Waals surface area contributed by atoms with Gasteiger partial charge in [0.2, 0.25) is 0 Å². The first-order valence-corrected chi connectivity index (χ1v) is 11.0. The lowest BCUT2D eigenvalue weighted by molar-refractivity contribution is -0.00671. The van der Waals surface area contributed by atoms with Gasteiger partial charge in [-0.1, -0.05) is 19.1 Å². The van der Waals surface area contributed by atoms with Crippen molar-refractivity contribution < 1.29 is 18.7 Å². The Morgan fingerprint density at radius 1 is 1.23 bits per heavy atom. The van der Waals surface area contributed by atoms with Crippen LogP contribution in [0.3, 0.4) is 0 Å². The predicted octanol–water partition coefficient (Wildman–Crippen LogP) is 4.01. The summed E-state index contributed by atoms with van der Waals surface area (Å²) in [5.74, 6) is 0.543. The first-order valence-electron chi connectivity index (χ1n) is 11.0. The molecule has 2 saturated heterocycles. The lowest BCUT2D eigenvalue weighted by Crippen LogP contribution is -2.49. The number of piperidine rings is 1. The monoisotopic (exact) mass is 412 g/mol. The van der Waals surface area contributed by atoms with Gasteiger partial charge in [0.1, 0.15) is 17.9 Å². The standard InChI is InChI=1S/C24H32N2O4/c1-2-11-29-21-15-19(16-22-20(21)6-12-30-22)23(27)25-17-24(7-13-28-14-8-24)18-26-9-4-3-5-10-26/h2,6,12,15-16H,1,3-5,7-11,13-14,17-18H2,(H,25,27). The molecule has 0 spiro atoms. The summed E-state index contributed by atoms with van der Waals surface area (Å²) in [6.45, 7) is 9.62. The van der Waals surface area contributed by atoms with E-state index in [4.69, 9.17) is 13.9 Å². The van der Waals surface area contributed by atoms with Crippen molar-refractivity contribution in [2.75, 3.05) is 46.0 Å². The molecule has 6 heteroatoms. The van der Waals surface area contributed by atoms with E-state index in [2.05, 4.69) is 16.8 Å². The van der Waals surface area contributed by atoms with Gasteiger partial charge in [0.05, 0.1) is 11.6 Å². The van der Waals surface area contributed by atoms with Gasteiger partial charge in [0.25, 0.3) is 5.91 Å². The fourth-order valence-corrected chi connectivity index (χ4v) is 4.59. The van der Waals surface area contributed by atoms with Crippen LogP contribution in [0.25, 0.3) is 11.0 Å². The molecule has 0 radical (unpaired) electrons. The Hall–Kier alpha value is -2.31. The smallest absolute Gasteiger partial charge is 0.251 e. The molecule has 0 unspecified atom stereocenters. The Labute approximate surface area is 178 Å². The number of hydrogen-bond donors (Lipinski definition) is 1. The molecule has 2 aliphatic rings. The minimum Gasteiger partial charge on any atom is -0.489 e. The summed E-state index contributed by atoms with van der Waals surface area (Å²) >= 11 is 0. The highest BCUT2D eigenvalue weighted by Crippen LogP contribution is 2.33. The number of ether oxygens (including phenoxy) is 2. The lowest BCUT2D eigenvalue weighted by atomic mass is 9.79. The number of benzene rings is 1. The first-order chi connectivity index (χ1) is 14.7. The number of rotatable bonds is 8. The second-order valence-corrected chi connectivity index (χ2v) is 8.54. The summed E-state index contributed by atoms with van der Waals surface area (Å²) < 4.78 is 16.9. The summed E-state index contributed by atoms with van der Waals surface area (Å²) in [6, 6.07) is 5.43. The van der Waals surface area contributed by atoms with E-state index in [0.29, 0.717) is 30.0 Å². The minimum absolute atomic E-state index is 0.0716. The van der Waals surface area contributed by atoms with Crippen LogP contribution in [0.2, 0.25) is 0 Å². The van der Waals surface area contributed by atoms with E-state index in [1.807, 2.05) is 6.07 Å². The van der Waals surface area contributed by atoms with Gasteiger partial charge >= 0.3 is 0 Å². The normalized spacial score (nSPS) is 19.5. The van der Waals surface area contributed by atoms with Crippen LogP contribution < -0.4 is 10.1 Å². The number of likely N-dealkylation sites (tertiary alicyclic amines) is 1. The molecule has 0 atom stereocenters. The Morgan fingerprint density at radius 2 is 2.03 bits per heavy atom. The molecule has 162 valence electrons. The number of carbonyl (C=O) groups excluding carboxylic acids is 1. The molecule has 2 aliphatic heterocycles. The van der Waals surface area contributed by atoms with Crippen LogP contribution in [0.5, 0.6) is 5.75 Å². The van der Waals surface area contributed by atoms with Gasteiger partial charge in [-0.3, -0.25) is 4.79 Å². The van der Waals surface area contributed by atoms with Gasteiger partial charge in [-0.15, -0.1) is 0 Å². The predicted molar refractivity (Wildman–Crippen MR) is 117 cm³/mol. The molecule has 0 saturated carbocycles. The van der Waals surface area contributed by atoms with Crippen molar-refractivity contribution in [3.05, 3.63) is 42.7 Å². The summed E-state index contributed by atoms with van der Waals surface area (Å²) in [5, 5.41) is 4.06. The van der Waals surface area contributed by atoms with E-state index in [-0.39, 0.29) is 11.3 Å². The van der Waals surface area contributed by atoms with Gasteiger partial charge in [-0.25, -0.2) is 0 Å². The van der Waals surface area contributed by atoms with Crippen molar-refractivity contribution in [1.29, 1.82) is 0 Å². The zero-order valence-electron chi connectivity index (χ0n) is 17.7. The van der Waals surface area contributed by atoms with E-state index < -0.39 is 0 Å². The minimum atomic E-state index is -0.0961. The summed E-state index contributed by atoms with van der Waals surface area (Å²) in [6.07, 6.45) is 9.14. The molecule has 30 heavy (non-hydrogen) atoms. The number of amides is 1. The highest BCUT2D eigenvalue weighted by atomic mass is 16.5. The van der Waals surface area contributed by atoms with E-state index in [1.54, 1.807) is 24.5 Å². The molecule has 1 amide bonds. The van der Waals surface area contributed by atoms with Crippen molar-refractivity contribution in [2.24, 2.45) is 5.41 Å². The van der Waals surface area contributed by atoms with Gasteiger partial charge in [0, 0.05) is 37.3 Å². The van der Waals surface area contributed by atoms with E-state index in [1.165, 1.54) is 19.3 Å². The molecule has 6 nitrogen and oxygen atoms in total. The SMILES string of the molecule is C=CCOc1cc(C(=O)NCC2(CN3CCCCC3)CCOCC2)cc2occc12. The maximum atomic E-state index is 13.0. The fraction of sp³-hybridized carbons (Fsp3) is 0.542. The highest BCUT2D eigenvalue weighted by molar-refractivity contribution is 5.99. The van der Waals surface area contributed by atoms with Crippen LogP contribution in [-0.4, -0.2) is 56.8 Å². The van der Waals surface area contributed by atoms with Gasteiger partial charge in [0.15, 0.2) is 0 Å². The Balaban J connectivity index is 1.47. The Kier molecular flexibility index (Phi) is 6.75. The van der Waals surface area contributed by atoms with E-state index >= 15 is 0 Å². The molecule has 0 aliphatic carbocycles. The lowest BCUT2D eigenvalue weighted by Gasteiger charge is -2.42. The molecular formula is C24H32N2O4. The van der Waals surface area contributed by atoms with Crippen LogP contribution in [0.1, 0.15) is 42.5 Å². The quantitative estimate of drug-likeness (QED) is 0.664. The maximum Gasteiger partial charge on any atom is 0.251 e. The second kappa shape index (κ2) is 9.67. The average molecular weight is 413 g/mol. The van der Waals surface area contributed by atoms with Gasteiger partial charge < -0.3 is 24.1 Å². The number of nitrogens with one attached hydrogen (secondary N) is 1. The number of hydrogen-bond acceptors (Lipinski definition) is 5. The largest absolute Gasteiger partial charge is 0.489 e. The van der Waals surface area contributed by atoms with Crippen molar-refractivity contribution >= 4 is 16.9 Å². The third-order valence-electron chi connectivity index (χ3n) is 6.34. The van der Waals surface area contributed by atoms with Crippen LogP contribution in [0.15, 0.2) is 41.5 Å². The average Bonchev–Trinajstić information content (AvgIpc) is 3.26. The van der Waals surface area contributed by atoms with E-state index in [9.17, 15) is 4.79 Å². The Bertz CT molecular complexity index is 863. The summed E-state index contributed by atoms with van der Waals surface area (Å²) in [5.41, 5.74) is 1.27. The van der Waals surface area contributed by atoms with E-state index in [0.717, 1.165) is 51.1 Å². The van der Waals surface area contributed by atoms with Crippen molar-refractivity contribution in [2.45, 2.75) is 32.1 Å². The molecule has 1 N–H and O–H groups in total. The summed E-state index contributed by atoms with van der Waals surface area (Å²) in [4.78, 5) is 15.6. The Morgan fingerprint density at radius 3 is 2.80 bits per heavy atom. The molecule has 2 aromatic rings. The number of fused-ring (bicyclic) bond motifs is 1. The van der Waals surface area contributed by atoms with Crippen LogP contribution in [0.4, 0.5) is 0 Å².